The van der Waals surface area contributed by atoms with E-state index < -0.39 is 4.92 Å². The summed E-state index contributed by atoms with van der Waals surface area (Å²) in [7, 11) is 1.63. The van der Waals surface area contributed by atoms with Gasteiger partial charge in [0.05, 0.1) is 17.7 Å². The maximum Gasteiger partial charge on any atom is 0.292 e. The van der Waals surface area contributed by atoms with Crippen molar-refractivity contribution in [1.29, 1.82) is 0 Å². The number of nitrogens with two attached hydrogens (primary N) is 2. The molecule has 6 nitrogen and oxygen atoms in total. The van der Waals surface area contributed by atoms with Gasteiger partial charge in [0.15, 0.2) is 0 Å². The van der Waals surface area contributed by atoms with E-state index in [1.807, 2.05) is 50.2 Å². The average molecular weight is 355 g/mol. The molecule has 0 aliphatic heterocycles. The lowest BCUT2D eigenvalue weighted by Crippen LogP contribution is -1.95. The lowest BCUT2D eigenvalue weighted by atomic mass is 10.1. The van der Waals surface area contributed by atoms with Gasteiger partial charge in [-0.1, -0.05) is 50.2 Å². The second-order valence-electron chi connectivity index (χ2n) is 5.22. The second kappa shape index (κ2) is 9.88. The SMILES string of the molecule is CC.COc1ccc2ccccc2c1N.Cc1ccc(N)c([N+](=O)[O-])c1. The molecule has 3 aromatic carbocycles. The van der Waals surface area contributed by atoms with Gasteiger partial charge in [-0.15, -0.1) is 0 Å². The fourth-order valence-corrected chi connectivity index (χ4v) is 2.27. The van der Waals surface area contributed by atoms with Gasteiger partial charge in [0, 0.05) is 11.5 Å². The Labute approximate surface area is 153 Å². The third-order valence-electron chi connectivity index (χ3n) is 3.53. The quantitative estimate of drug-likeness (QED) is 0.385. The summed E-state index contributed by atoms with van der Waals surface area (Å²) in [6.45, 7) is 5.78. The van der Waals surface area contributed by atoms with Crippen molar-refractivity contribution in [3.63, 3.8) is 0 Å². The van der Waals surface area contributed by atoms with Gasteiger partial charge in [0.1, 0.15) is 11.4 Å². The summed E-state index contributed by atoms with van der Waals surface area (Å²) in [5, 5.41) is 12.5. The number of hydrogen-bond donors (Lipinski definition) is 2. The van der Waals surface area contributed by atoms with Crippen LogP contribution in [0, 0.1) is 17.0 Å². The lowest BCUT2D eigenvalue weighted by Gasteiger charge is -2.06. The molecule has 26 heavy (non-hydrogen) atoms. The molecule has 0 aliphatic carbocycles. The van der Waals surface area contributed by atoms with E-state index in [1.165, 1.54) is 12.1 Å². The highest BCUT2D eigenvalue weighted by Gasteiger charge is 2.09. The number of fused-ring (bicyclic) bond motifs is 1. The molecule has 138 valence electrons. The Morgan fingerprint density at radius 1 is 1.00 bits per heavy atom. The molecule has 0 atom stereocenters. The predicted molar refractivity (Wildman–Crippen MR) is 109 cm³/mol. The summed E-state index contributed by atoms with van der Waals surface area (Å²) < 4.78 is 5.13. The molecule has 6 heteroatoms. The summed E-state index contributed by atoms with van der Waals surface area (Å²) in [6.07, 6.45) is 0. The molecule has 0 fully saturated rings. The van der Waals surface area contributed by atoms with Crippen molar-refractivity contribution in [2.24, 2.45) is 0 Å². The molecular formula is C20H25N3O3. The smallest absolute Gasteiger partial charge is 0.292 e. The van der Waals surface area contributed by atoms with Gasteiger partial charge in [-0.05, 0) is 30.0 Å². The van der Waals surface area contributed by atoms with E-state index in [2.05, 4.69) is 0 Å². The van der Waals surface area contributed by atoms with Gasteiger partial charge in [-0.3, -0.25) is 10.1 Å². The van der Waals surface area contributed by atoms with Gasteiger partial charge in [-0.25, -0.2) is 0 Å². The molecule has 4 N–H and O–H groups in total. The number of rotatable bonds is 2. The van der Waals surface area contributed by atoms with Crippen LogP contribution in [0.4, 0.5) is 17.1 Å². The highest BCUT2D eigenvalue weighted by atomic mass is 16.6. The number of methoxy groups -OCH3 is 1. The zero-order valence-electron chi connectivity index (χ0n) is 15.5. The van der Waals surface area contributed by atoms with Crippen LogP contribution < -0.4 is 16.2 Å². The van der Waals surface area contributed by atoms with Crippen LogP contribution in [0.15, 0.2) is 54.6 Å². The van der Waals surface area contributed by atoms with Crippen molar-refractivity contribution < 1.29 is 9.66 Å². The van der Waals surface area contributed by atoms with Gasteiger partial charge in [0.2, 0.25) is 0 Å². The number of hydrogen-bond acceptors (Lipinski definition) is 5. The minimum atomic E-state index is -0.484. The number of benzene rings is 3. The molecule has 0 saturated carbocycles. The van der Waals surface area contributed by atoms with Crippen molar-refractivity contribution in [3.8, 4) is 5.75 Å². The maximum absolute atomic E-state index is 10.3. The number of nitro groups is 1. The molecule has 0 unspecified atom stereocenters. The number of ether oxygens (including phenoxy) is 1. The first kappa shape index (κ1) is 20.8. The Morgan fingerprint density at radius 3 is 2.23 bits per heavy atom. The number of aryl methyl sites for hydroxylation is 1. The van der Waals surface area contributed by atoms with E-state index in [0.29, 0.717) is 5.69 Å². The third-order valence-corrected chi connectivity index (χ3v) is 3.53. The van der Waals surface area contributed by atoms with Crippen molar-refractivity contribution in [3.05, 3.63) is 70.3 Å². The first-order valence-electron chi connectivity index (χ1n) is 8.25. The van der Waals surface area contributed by atoms with Crippen molar-refractivity contribution in [2.45, 2.75) is 20.8 Å². The molecule has 0 aromatic heterocycles. The van der Waals surface area contributed by atoms with Gasteiger partial charge >= 0.3 is 0 Å². The molecule has 0 bridgehead atoms. The normalized spacial score (nSPS) is 9.38. The van der Waals surface area contributed by atoms with Crippen LogP contribution in [-0.4, -0.2) is 12.0 Å². The third kappa shape index (κ3) is 5.11. The minimum absolute atomic E-state index is 0.0231. The molecule has 0 saturated heterocycles. The second-order valence-corrected chi connectivity index (χ2v) is 5.22. The molecule has 0 spiro atoms. The fourth-order valence-electron chi connectivity index (χ4n) is 2.27. The molecule has 0 amide bonds. The Balaban J connectivity index is 0.000000241. The van der Waals surface area contributed by atoms with Gasteiger partial charge < -0.3 is 16.2 Å². The number of anilines is 2. The van der Waals surface area contributed by atoms with Crippen LogP contribution in [-0.2, 0) is 0 Å². The minimum Gasteiger partial charge on any atom is -0.495 e. The zero-order valence-corrected chi connectivity index (χ0v) is 15.5. The molecule has 0 radical (unpaired) electrons. The Morgan fingerprint density at radius 2 is 1.65 bits per heavy atom. The van der Waals surface area contributed by atoms with Crippen molar-refractivity contribution >= 4 is 27.8 Å². The first-order valence-corrected chi connectivity index (χ1v) is 8.25. The van der Waals surface area contributed by atoms with Crippen LogP contribution in [0.5, 0.6) is 5.75 Å². The zero-order chi connectivity index (χ0) is 19.7. The van der Waals surface area contributed by atoms with E-state index in [-0.39, 0.29) is 11.4 Å². The van der Waals surface area contributed by atoms with E-state index in [9.17, 15) is 10.1 Å². The fraction of sp³-hybridized carbons (Fsp3) is 0.200. The van der Waals surface area contributed by atoms with E-state index in [0.717, 1.165) is 22.1 Å². The summed E-state index contributed by atoms with van der Waals surface area (Å²) in [5.41, 5.74) is 13.0. The number of nitrogen functional groups attached to an aromatic ring is 2. The first-order chi connectivity index (χ1) is 12.4. The Kier molecular flexibility index (Phi) is 7.89. The maximum atomic E-state index is 10.3. The highest BCUT2D eigenvalue weighted by Crippen LogP contribution is 2.29. The molecule has 3 rings (SSSR count). The van der Waals surface area contributed by atoms with Crippen molar-refractivity contribution in [2.75, 3.05) is 18.6 Å². The standard InChI is InChI=1S/C11H11NO.C7H8N2O2.C2H6/c1-13-10-7-6-8-4-2-3-5-9(8)11(10)12;1-5-2-3-6(8)7(4-5)9(10)11;1-2/h2-7H,12H2,1H3;2-4H,8H2,1H3;1-2H3. The Bertz CT molecular complexity index is 879. The van der Waals surface area contributed by atoms with E-state index >= 15 is 0 Å². The molecule has 0 heterocycles. The molecule has 3 aromatic rings. The predicted octanol–water partition coefficient (Wildman–Crippen LogP) is 4.94. The summed E-state index contributed by atoms with van der Waals surface area (Å²) >= 11 is 0. The van der Waals surface area contributed by atoms with Crippen LogP contribution >= 0.6 is 0 Å². The topological polar surface area (TPSA) is 104 Å². The summed E-state index contributed by atoms with van der Waals surface area (Å²) in [5.74, 6) is 0.735. The van der Waals surface area contributed by atoms with Crippen LogP contribution in [0.2, 0.25) is 0 Å². The number of nitrogens with zero attached hydrogens (tertiary/aromatic N) is 1. The van der Waals surface area contributed by atoms with Gasteiger partial charge in [-0.2, -0.15) is 0 Å². The largest absolute Gasteiger partial charge is 0.495 e. The van der Waals surface area contributed by atoms with Crippen LogP contribution in [0.3, 0.4) is 0 Å². The summed E-state index contributed by atoms with van der Waals surface area (Å²) in [4.78, 5) is 9.82. The van der Waals surface area contributed by atoms with E-state index in [4.69, 9.17) is 16.2 Å². The van der Waals surface area contributed by atoms with E-state index in [1.54, 1.807) is 20.1 Å². The van der Waals surface area contributed by atoms with Crippen molar-refractivity contribution in [1.82, 2.24) is 0 Å². The number of nitro benzene ring substituents is 1. The highest BCUT2D eigenvalue weighted by molar-refractivity contribution is 5.95. The average Bonchev–Trinajstić information content (AvgIpc) is 2.66. The monoisotopic (exact) mass is 355 g/mol. The molecule has 0 aliphatic rings. The van der Waals surface area contributed by atoms with Crippen LogP contribution in [0.1, 0.15) is 19.4 Å². The van der Waals surface area contributed by atoms with Gasteiger partial charge in [0.25, 0.3) is 5.69 Å². The summed E-state index contributed by atoms with van der Waals surface area (Å²) in [6, 6.07) is 16.6. The molecular weight excluding hydrogens is 330 g/mol. The van der Waals surface area contributed by atoms with Crippen LogP contribution in [0.25, 0.3) is 10.8 Å². The Hall–Kier alpha value is -3.28. The lowest BCUT2D eigenvalue weighted by molar-refractivity contribution is -0.383.